The summed E-state index contributed by atoms with van der Waals surface area (Å²) < 4.78 is 19.8. The van der Waals surface area contributed by atoms with Crippen LogP contribution >= 0.6 is 0 Å². The second kappa shape index (κ2) is 9.19. The quantitative estimate of drug-likeness (QED) is 0.820. The number of aromatic nitrogens is 1. The molecule has 140 valence electrons. The average molecular weight is 359 g/mol. The third-order valence-electron chi connectivity index (χ3n) is 4.60. The zero-order chi connectivity index (χ0) is 18.4. The lowest BCUT2D eigenvalue weighted by Gasteiger charge is -2.30. The molecule has 0 bridgehead atoms. The van der Waals surface area contributed by atoms with Crippen molar-refractivity contribution >= 4 is 0 Å². The van der Waals surface area contributed by atoms with Crippen molar-refractivity contribution in [3.05, 3.63) is 54.1 Å². The monoisotopic (exact) mass is 359 g/mol. The highest BCUT2D eigenvalue weighted by Gasteiger charge is 2.17. The highest BCUT2D eigenvalue weighted by atomic mass is 19.1. The van der Waals surface area contributed by atoms with Gasteiger partial charge in [0.05, 0.1) is 19.3 Å². The van der Waals surface area contributed by atoms with Crippen molar-refractivity contribution in [2.75, 3.05) is 46.4 Å². The number of hydrogen-bond donors (Lipinski definition) is 1. The van der Waals surface area contributed by atoms with Gasteiger partial charge in [0.15, 0.2) is 0 Å². The minimum absolute atomic E-state index is 0.228. The van der Waals surface area contributed by atoms with Gasteiger partial charge >= 0.3 is 0 Å². The molecule has 1 N–H and O–H groups in total. The van der Waals surface area contributed by atoms with Crippen LogP contribution in [0.2, 0.25) is 0 Å². The Morgan fingerprint density at radius 1 is 1.19 bits per heavy atom. The predicted molar refractivity (Wildman–Crippen MR) is 99.2 cm³/mol. The average Bonchev–Trinajstić information content (AvgIpc) is 2.65. The van der Waals surface area contributed by atoms with Crippen LogP contribution in [0.3, 0.4) is 0 Å². The highest BCUT2D eigenvalue weighted by Crippen LogP contribution is 2.22. The number of halogens is 1. The normalized spacial score (nSPS) is 16.8. The highest BCUT2D eigenvalue weighted by molar-refractivity contribution is 5.63. The summed E-state index contributed by atoms with van der Waals surface area (Å²) in [6.45, 7) is 4.73. The van der Waals surface area contributed by atoms with Crippen molar-refractivity contribution in [2.24, 2.45) is 0 Å². The number of ether oxygens (including phenoxy) is 1. The Hall–Kier alpha value is -1.86. The topological polar surface area (TPSA) is 48.8 Å². The van der Waals surface area contributed by atoms with Gasteiger partial charge in [-0.25, -0.2) is 4.39 Å². The molecule has 1 aromatic carbocycles. The maximum atomic E-state index is 14.5. The van der Waals surface area contributed by atoms with Gasteiger partial charge in [-0.3, -0.25) is 14.8 Å². The van der Waals surface area contributed by atoms with Gasteiger partial charge in [-0.05, 0) is 36.4 Å². The summed E-state index contributed by atoms with van der Waals surface area (Å²) in [5.41, 5.74) is 2.41. The van der Waals surface area contributed by atoms with Crippen LogP contribution in [0.5, 0.6) is 0 Å². The number of β-amino-alcohol motifs (C(OH)–C–C–N with tert-alkyl or cyclic N) is 1. The van der Waals surface area contributed by atoms with Crippen molar-refractivity contribution in [1.82, 2.24) is 14.8 Å². The molecule has 1 unspecified atom stereocenters. The minimum atomic E-state index is -0.461. The largest absolute Gasteiger partial charge is 0.390 e. The van der Waals surface area contributed by atoms with Gasteiger partial charge in [0.2, 0.25) is 0 Å². The molecule has 1 aromatic heterocycles. The molecule has 2 aromatic rings. The van der Waals surface area contributed by atoms with E-state index in [0.29, 0.717) is 25.2 Å². The first kappa shape index (κ1) is 18.9. The lowest BCUT2D eigenvalue weighted by molar-refractivity contribution is 0.00819. The Labute approximate surface area is 154 Å². The lowest BCUT2D eigenvalue weighted by atomic mass is 10.0. The molecule has 1 aliphatic heterocycles. The molecule has 2 heterocycles. The fourth-order valence-corrected chi connectivity index (χ4v) is 3.25. The molecule has 5 nitrogen and oxygen atoms in total. The van der Waals surface area contributed by atoms with Gasteiger partial charge in [-0.15, -0.1) is 0 Å². The second-order valence-electron chi connectivity index (χ2n) is 6.81. The van der Waals surface area contributed by atoms with Crippen LogP contribution < -0.4 is 0 Å². The summed E-state index contributed by atoms with van der Waals surface area (Å²) in [5.74, 6) is -0.228. The number of likely N-dealkylation sites (N-methyl/N-ethyl adjacent to an activating group) is 1. The van der Waals surface area contributed by atoms with Gasteiger partial charge < -0.3 is 9.84 Å². The number of morpholine rings is 1. The van der Waals surface area contributed by atoms with E-state index in [1.165, 1.54) is 0 Å². The summed E-state index contributed by atoms with van der Waals surface area (Å²) in [7, 11) is 1.90. The van der Waals surface area contributed by atoms with E-state index < -0.39 is 6.10 Å². The van der Waals surface area contributed by atoms with Crippen molar-refractivity contribution in [3.8, 4) is 11.1 Å². The van der Waals surface area contributed by atoms with Crippen LogP contribution in [0.1, 0.15) is 5.56 Å². The summed E-state index contributed by atoms with van der Waals surface area (Å²) in [5, 5.41) is 10.3. The van der Waals surface area contributed by atoms with E-state index in [-0.39, 0.29) is 5.82 Å². The Morgan fingerprint density at radius 2 is 1.92 bits per heavy atom. The number of pyridine rings is 1. The molecule has 1 fully saturated rings. The maximum Gasteiger partial charge on any atom is 0.128 e. The van der Waals surface area contributed by atoms with E-state index in [1.807, 2.05) is 36.2 Å². The summed E-state index contributed by atoms with van der Waals surface area (Å²) in [6.07, 6.45) is 2.94. The molecule has 0 radical (unpaired) electrons. The Kier molecular flexibility index (Phi) is 6.68. The zero-order valence-electron chi connectivity index (χ0n) is 15.1. The fourth-order valence-electron chi connectivity index (χ4n) is 3.25. The molecule has 0 aliphatic carbocycles. The molecule has 3 rings (SSSR count). The molecule has 1 atom stereocenters. The Balaban J connectivity index is 1.54. The number of hydrogen-bond acceptors (Lipinski definition) is 5. The van der Waals surface area contributed by atoms with Crippen LogP contribution in [-0.2, 0) is 11.3 Å². The molecule has 0 spiro atoms. The molecule has 0 saturated carbocycles. The molecule has 6 heteroatoms. The van der Waals surface area contributed by atoms with Crippen molar-refractivity contribution in [3.63, 3.8) is 0 Å². The summed E-state index contributed by atoms with van der Waals surface area (Å²) in [6, 6.07) is 9.02. The molecule has 0 amide bonds. The lowest BCUT2D eigenvalue weighted by Crippen LogP contribution is -2.44. The molecule has 26 heavy (non-hydrogen) atoms. The Morgan fingerprint density at radius 3 is 2.62 bits per heavy atom. The summed E-state index contributed by atoms with van der Waals surface area (Å²) >= 11 is 0. The van der Waals surface area contributed by atoms with E-state index in [0.717, 1.165) is 37.4 Å². The number of nitrogens with zero attached hydrogens (tertiary/aromatic N) is 3. The van der Waals surface area contributed by atoms with Gasteiger partial charge in [-0.1, -0.05) is 12.1 Å². The van der Waals surface area contributed by atoms with E-state index >= 15 is 0 Å². The first-order valence-electron chi connectivity index (χ1n) is 8.97. The first-order valence-corrected chi connectivity index (χ1v) is 8.97. The zero-order valence-corrected chi connectivity index (χ0v) is 15.1. The number of aliphatic hydroxyl groups excluding tert-OH is 1. The van der Waals surface area contributed by atoms with Crippen molar-refractivity contribution in [1.29, 1.82) is 0 Å². The third kappa shape index (κ3) is 5.32. The van der Waals surface area contributed by atoms with Crippen LogP contribution in [-0.4, -0.2) is 72.4 Å². The van der Waals surface area contributed by atoms with E-state index in [4.69, 9.17) is 4.74 Å². The first-order chi connectivity index (χ1) is 12.6. The molecular weight excluding hydrogens is 333 g/mol. The van der Waals surface area contributed by atoms with E-state index in [2.05, 4.69) is 9.88 Å². The van der Waals surface area contributed by atoms with Gasteiger partial charge in [-0.2, -0.15) is 0 Å². The van der Waals surface area contributed by atoms with Crippen LogP contribution in [0.15, 0.2) is 42.7 Å². The van der Waals surface area contributed by atoms with Crippen LogP contribution in [0, 0.1) is 5.82 Å². The van der Waals surface area contributed by atoms with Crippen molar-refractivity contribution < 1.29 is 14.2 Å². The number of benzene rings is 1. The SMILES string of the molecule is CN(Cc1ccc(-c2ccncc2)cc1F)CC(O)CN1CCOCC1. The van der Waals surface area contributed by atoms with E-state index in [9.17, 15) is 9.50 Å². The van der Waals surface area contributed by atoms with Gasteiger partial charge in [0, 0.05) is 50.7 Å². The van der Waals surface area contributed by atoms with Gasteiger partial charge in [0.1, 0.15) is 5.82 Å². The Bertz CT molecular complexity index is 693. The molecule has 1 aliphatic rings. The molecular formula is C20H26FN3O2. The van der Waals surface area contributed by atoms with Gasteiger partial charge in [0.25, 0.3) is 0 Å². The third-order valence-corrected chi connectivity index (χ3v) is 4.60. The van der Waals surface area contributed by atoms with Crippen molar-refractivity contribution in [2.45, 2.75) is 12.6 Å². The second-order valence-corrected chi connectivity index (χ2v) is 6.81. The predicted octanol–water partition coefficient (Wildman–Crippen LogP) is 2.01. The molecule has 1 saturated heterocycles. The number of rotatable bonds is 7. The standard InChI is InChI=1S/C20H26FN3O2/c1-23(14-19(25)15-24-8-10-26-11-9-24)13-18-3-2-17(12-20(18)21)16-4-6-22-7-5-16/h2-7,12,19,25H,8-11,13-15H2,1H3. The van der Waals surface area contributed by atoms with Crippen LogP contribution in [0.25, 0.3) is 11.1 Å². The maximum absolute atomic E-state index is 14.5. The summed E-state index contributed by atoms with van der Waals surface area (Å²) in [4.78, 5) is 8.14. The minimum Gasteiger partial charge on any atom is -0.390 e. The fraction of sp³-hybridized carbons (Fsp3) is 0.450. The van der Waals surface area contributed by atoms with E-state index in [1.54, 1.807) is 18.5 Å². The smallest absolute Gasteiger partial charge is 0.128 e. The van der Waals surface area contributed by atoms with Crippen LogP contribution in [0.4, 0.5) is 4.39 Å². The number of aliphatic hydroxyl groups is 1.